The molecule has 18 aromatic carbocycles. The standard InChI is InChI=1S/2C55H38N2O/c1-55(2)48-19-9-6-15-42(48)43-29-28-41(34-49(43)55)56(52-21-12-18-46-45-17-8-11-22-53(45)58-54(46)52)40-27-25-36-31-35(23-24-37(36)32-40)38-26-30-51-47(33-38)44-16-7-10-20-50(44)57(51)39-13-4-3-5-14-39;1-55(2)49-17-9-6-14-43(49)44-27-25-42(34-50(44)55)56(41-26-29-54-48(33-41)46-16-8-11-19-53(46)58-54)40-24-22-36-30-35(20-21-37(36)31-40)38-23-28-52-47(32-38)45-15-7-10-18-51(45)57(52)39-12-4-3-5-13-39/h2*3-34H,1-2H3. The van der Waals surface area contributed by atoms with Gasteiger partial charge in [0, 0.05) is 93.7 Å². The van der Waals surface area contributed by atoms with Gasteiger partial charge >= 0.3 is 0 Å². The molecule has 0 spiro atoms. The van der Waals surface area contributed by atoms with Gasteiger partial charge in [-0.2, -0.15) is 0 Å². The van der Waals surface area contributed by atoms with E-state index in [0.717, 1.165) is 78.0 Å². The van der Waals surface area contributed by atoms with Crippen molar-refractivity contribution in [2.75, 3.05) is 9.80 Å². The number of hydrogen-bond acceptors (Lipinski definition) is 4. The van der Waals surface area contributed by atoms with Gasteiger partial charge in [0.05, 0.1) is 27.8 Å². The van der Waals surface area contributed by atoms with Gasteiger partial charge in [0.25, 0.3) is 0 Å². The van der Waals surface area contributed by atoms with Crippen LogP contribution in [0.3, 0.4) is 0 Å². The smallest absolute Gasteiger partial charge is 0.159 e. The second kappa shape index (κ2) is 25.9. The summed E-state index contributed by atoms with van der Waals surface area (Å²) in [6.45, 7) is 9.39. The molecule has 2 aliphatic carbocycles. The van der Waals surface area contributed by atoms with Crippen LogP contribution in [0.25, 0.3) is 165 Å². The molecule has 0 aliphatic heterocycles. The highest BCUT2D eigenvalue weighted by atomic mass is 16.3. The number of aromatic nitrogens is 2. The first kappa shape index (κ1) is 67.0. The van der Waals surface area contributed by atoms with Crippen LogP contribution in [0.2, 0.25) is 0 Å². The molecule has 22 aromatic rings. The molecule has 6 heteroatoms. The highest BCUT2D eigenvalue weighted by Gasteiger charge is 2.38. The van der Waals surface area contributed by atoms with Gasteiger partial charge in [-0.25, -0.2) is 0 Å². The molecule has 0 saturated heterocycles. The predicted octanol–water partition coefficient (Wildman–Crippen LogP) is 30.6. The molecule has 24 rings (SSSR count). The van der Waals surface area contributed by atoms with Gasteiger partial charge in [-0.15, -0.1) is 0 Å². The molecule has 0 unspecified atom stereocenters. The molecule has 0 amide bonds. The molecule has 0 bridgehead atoms. The van der Waals surface area contributed by atoms with Crippen LogP contribution in [-0.4, -0.2) is 9.13 Å². The maximum absolute atomic E-state index is 6.68. The minimum Gasteiger partial charge on any atom is -0.456 e. The Morgan fingerprint density at radius 3 is 1.16 bits per heavy atom. The van der Waals surface area contributed by atoms with Gasteiger partial charge in [-0.05, 0) is 246 Å². The molecule has 0 saturated carbocycles. The first-order chi connectivity index (χ1) is 57.0. The number of anilines is 6. The van der Waals surface area contributed by atoms with Crippen molar-refractivity contribution < 1.29 is 8.83 Å². The lowest BCUT2D eigenvalue weighted by molar-refractivity contribution is 0.660. The van der Waals surface area contributed by atoms with Gasteiger partial charge in [0.2, 0.25) is 0 Å². The van der Waals surface area contributed by atoms with E-state index in [1.807, 2.05) is 18.2 Å². The van der Waals surface area contributed by atoms with Crippen molar-refractivity contribution in [1.82, 2.24) is 9.13 Å². The van der Waals surface area contributed by atoms with E-state index in [-0.39, 0.29) is 10.8 Å². The van der Waals surface area contributed by atoms with Crippen molar-refractivity contribution in [3.63, 3.8) is 0 Å². The van der Waals surface area contributed by atoms with Crippen molar-refractivity contribution in [3.05, 3.63) is 411 Å². The quantitative estimate of drug-likeness (QED) is 0.137. The van der Waals surface area contributed by atoms with Crippen LogP contribution < -0.4 is 9.80 Å². The molecule has 0 atom stereocenters. The Bertz CT molecular complexity index is 7790. The Balaban J connectivity index is 0.000000137. The summed E-state index contributed by atoms with van der Waals surface area (Å²) < 4.78 is 17.7. The van der Waals surface area contributed by atoms with Crippen molar-refractivity contribution >= 4 is 143 Å². The van der Waals surface area contributed by atoms with Crippen molar-refractivity contribution in [2.24, 2.45) is 0 Å². The highest BCUT2D eigenvalue weighted by molar-refractivity contribution is 6.14. The average molecular weight is 1490 g/mol. The van der Waals surface area contributed by atoms with Gasteiger partial charge in [0.15, 0.2) is 5.58 Å². The Labute approximate surface area is 671 Å². The molecule has 4 heterocycles. The van der Waals surface area contributed by atoms with E-state index in [2.05, 4.69) is 417 Å². The zero-order valence-corrected chi connectivity index (χ0v) is 64.6. The zero-order valence-electron chi connectivity index (χ0n) is 64.6. The maximum Gasteiger partial charge on any atom is 0.159 e. The first-order valence-corrected chi connectivity index (χ1v) is 40.2. The third-order valence-corrected chi connectivity index (χ3v) is 25.1. The molecule has 548 valence electrons. The lowest BCUT2D eigenvalue weighted by Crippen LogP contribution is -2.16. The van der Waals surface area contributed by atoms with Crippen LogP contribution in [-0.2, 0) is 10.8 Å². The fourth-order valence-corrected chi connectivity index (χ4v) is 19.4. The molecule has 116 heavy (non-hydrogen) atoms. The van der Waals surface area contributed by atoms with Gasteiger partial charge in [-0.1, -0.05) is 258 Å². The summed E-state index contributed by atoms with van der Waals surface area (Å²) in [5.41, 5.74) is 32.6. The lowest BCUT2D eigenvalue weighted by atomic mass is 9.82. The maximum atomic E-state index is 6.68. The monoisotopic (exact) mass is 1480 g/mol. The number of furan rings is 2. The summed E-state index contributed by atoms with van der Waals surface area (Å²) in [4.78, 5) is 4.79. The highest BCUT2D eigenvalue weighted by Crippen LogP contribution is 2.54. The number of rotatable bonds is 10. The fraction of sp³-hybridized carbons (Fsp3) is 0.0545. The van der Waals surface area contributed by atoms with Crippen LogP contribution >= 0.6 is 0 Å². The number of fused-ring (bicyclic) bond motifs is 20. The van der Waals surface area contributed by atoms with Crippen molar-refractivity contribution in [3.8, 4) is 55.9 Å². The van der Waals surface area contributed by atoms with E-state index in [4.69, 9.17) is 8.83 Å². The van der Waals surface area contributed by atoms with E-state index in [9.17, 15) is 0 Å². The third-order valence-electron chi connectivity index (χ3n) is 25.1. The number of para-hydroxylation sites is 7. The Kier molecular flexibility index (Phi) is 15.0. The van der Waals surface area contributed by atoms with E-state index in [1.54, 1.807) is 0 Å². The first-order valence-electron chi connectivity index (χ1n) is 40.2. The second-order valence-corrected chi connectivity index (χ2v) is 32.3. The topological polar surface area (TPSA) is 42.6 Å². The van der Waals surface area contributed by atoms with Gasteiger partial charge < -0.3 is 27.8 Å². The number of benzene rings is 18. The van der Waals surface area contributed by atoms with Crippen molar-refractivity contribution in [2.45, 2.75) is 38.5 Å². The molecule has 0 N–H and O–H groups in total. The average Bonchev–Trinajstić information content (AvgIpc) is 1.55. The molecule has 4 aromatic heterocycles. The molecular weight excluding hydrogens is 1410 g/mol. The number of nitrogens with zero attached hydrogens (tertiary/aromatic N) is 4. The summed E-state index contributed by atoms with van der Waals surface area (Å²) >= 11 is 0. The van der Waals surface area contributed by atoms with Crippen LogP contribution in [0.5, 0.6) is 0 Å². The third kappa shape index (κ3) is 10.5. The molecular formula is C110H76N4O2. The predicted molar refractivity (Wildman–Crippen MR) is 486 cm³/mol. The number of hydrogen-bond donors (Lipinski definition) is 0. The zero-order chi connectivity index (χ0) is 77.1. The van der Waals surface area contributed by atoms with Gasteiger partial charge in [-0.3, -0.25) is 0 Å². The van der Waals surface area contributed by atoms with Gasteiger partial charge in [0.1, 0.15) is 16.7 Å². The Morgan fingerprint density at radius 1 is 0.224 bits per heavy atom. The largest absolute Gasteiger partial charge is 0.456 e. The minimum absolute atomic E-state index is 0.114. The summed E-state index contributed by atoms with van der Waals surface area (Å²) in [7, 11) is 0. The van der Waals surface area contributed by atoms with Crippen LogP contribution in [0.15, 0.2) is 397 Å². The van der Waals surface area contributed by atoms with E-state index < -0.39 is 0 Å². The summed E-state index contributed by atoms with van der Waals surface area (Å²) in [5, 5.41) is 14.3. The van der Waals surface area contributed by atoms with Crippen LogP contribution in [0.4, 0.5) is 34.1 Å². The van der Waals surface area contributed by atoms with Crippen molar-refractivity contribution in [1.29, 1.82) is 0 Å². The summed E-state index contributed by atoms with van der Waals surface area (Å²) in [6, 6.07) is 141. The summed E-state index contributed by atoms with van der Waals surface area (Å²) in [5.74, 6) is 0. The minimum atomic E-state index is -0.127. The normalized spacial score (nSPS) is 13.1. The van der Waals surface area contributed by atoms with E-state index in [1.165, 1.54) is 143 Å². The molecule has 2 aliphatic rings. The molecule has 6 nitrogen and oxygen atoms in total. The summed E-state index contributed by atoms with van der Waals surface area (Å²) in [6.07, 6.45) is 0. The lowest BCUT2D eigenvalue weighted by Gasteiger charge is -2.28. The van der Waals surface area contributed by atoms with E-state index in [0.29, 0.717) is 0 Å². The molecule has 0 radical (unpaired) electrons. The fourth-order valence-electron chi connectivity index (χ4n) is 19.4. The van der Waals surface area contributed by atoms with E-state index >= 15 is 0 Å². The second-order valence-electron chi connectivity index (χ2n) is 32.3. The SMILES string of the molecule is CC1(C)c2ccccc2-c2ccc(N(c3ccc4cc(-c5ccc6c(c5)c5ccccc5n6-c5ccccc5)ccc4c3)c3ccc4oc5ccccc5c4c3)cc21.CC1(C)c2ccccc2-c2ccc(N(c3ccc4cc(-c5ccc6c(c5)c5ccccc5n6-c5ccccc5)ccc4c3)c3cccc4c3oc3ccccc34)cc21. The van der Waals surface area contributed by atoms with Crippen LogP contribution in [0.1, 0.15) is 49.9 Å². The molecule has 0 fully saturated rings. The Morgan fingerprint density at radius 2 is 0.595 bits per heavy atom. The Hall–Kier alpha value is -14.7. The van der Waals surface area contributed by atoms with Crippen LogP contribution in [0, 0.1) is 0 Å².